The summed E-state index contributed by atoms with van der Waals surface area (Å²) in [6.45, 7) is -0.221. The molecule has 20 heavy (non-hydrogen) atoms. The topological polar surface area (TPSA) is 80.5 Å². The molecule has 1 rings (SSSR count). The lowest BCUT2D eigenvalue weighted by Crippen LogP contribution is -2.39. The van der Waals surface area contributed by atoms with Gasteiger partial charge in [-0.1, -0.05) is 28.1 Å². The highest BCUT2D eigenvalue weighted by atomic mass is 79.9. The highest BCUT2D eigenvalue weighted by molar-refractivity contribution is 9.10. The number of sulfonamides is 1. The maximum Gasteiger partial charge on any atom is 0.232 e. The number of hydrogen-bond donors (Lipinski definition) is 1. The van der Waals surface area contributed by atoms with Gasteiger partial charge in [-0.3, -0.25) is 4.79 Å². The SMILES string of the molecule is NC(=O)CN(Cc1ccc(Br)cc1)S(=O)(=O)CCCCl. The van der Waals surface area contributed by atoms with Crippen LogP contribution in [0.25, 0.3) is 0 Å². The van der Waals surface area contributed by atoms with Gasteiger partial charge in [0.1, 0.15) is 0 Å². The van der Waals surface area contributed by atoms with E-state index in [2.05, 4.69) is 15.9 Å². The third-order valence-electron chi connectivity index (χ3n) is 2.53. The summed E-state index contributed by atoms with van der Waals surface area (Å²) in [5, 5.41) is 0. The van der Waals surface area contributed by atoms with Gasteiger partial charge in [0.15, 0.2) is 0 Å². The van der Waals surface area contributed by atoms with E-state index in [1.54, 1.807) is 12.1 Å². The molecular formula is C12H16BrClN2O3S. The number of carbonyl (C=O) groups excluding carboxylic acids is 1. The fourth-order valence-corrected chi connectivity index (χ4v) is 3.58. The molecular weight excluding hydrogens is 368 g/mol. The summed E-state index contributed by atoms with van der Waals surface area (Å²) < 4.78 is 26.3. The average molecular weight is 384 g/mol. The monoisotopic (exact) mass is 382 g/mol. The standard InChI is InChI=1S/C12H16BrClN2O3S/c13-11-4-2-10(3-5-11)8-16(9-12(15)17)20(18,19)7-1-6-14/h2-5H,1,6-9H2,(H2,15,17). The summed E-state index contributed by atoms with van der Waals surface area (Å²) in [5.74, 6) is -0.529. The number of primary amides is 1. The highest BCUT2D eigenvalue weighted by Gasteiger charge is 2.23. The van der Waals surface area contributed by atoms with E-state index >= 15 is 0 Å². The van der Waals surface area contributed by atoms with Crippen molar-refractivity contribution in [1.82, 2.24) is 4.31 Å². The van der Waals surface area contributed by atoms with Crippen LogP contribution >= 0.6 is 27.5 Å². The quantitative estimate of drug-likeness (QED) is 0.694. The largest absolute Gasteiger partial charge is 0.369 e. The van der Waals surface area contributed by atoms with Gasteiger partial charge in [0.25, 0.3) is 0 Å². The van der Waals surface area contributed by atoms with Crippen LogP contribution in [-0.4, -0.2) is 36.8 Å². The van der Waals surface area contributed by atoms with Crippen molar-refractivity contribution in [1.29, 1.82) is 0 Å². The molecule has 112 valence electrons. The van der Waals surface area contributed by atoms with Crippen LogP contribution in [0.1, 0.15) is 12.0 Å². The van der Waals surface area contributed by atoms with Crippen molar-refractivity contribution in [3.63, 3.8) is 0 Å². The van der Waals surface area contributed by atoms with Gasteiger partial charge >= 0.3 is 0 Å². The minimum atomic E-state index is -3.55. The van der Waals surface area contributed by atoms with Gasteiger partial charge in [0.2, 0.25) is 15.9 Å². The Kier molecular flexibility index (Phi) is 6.94. The summed E-state index contributed by atoms with van der Waals surface area (Å²) >= 11 is 8.82. The minimum Gasteiger partial charge on any atom is -0.369 e. The van der Waals surface area contributed by atoms with Crippen LogP contribution in [0.3, 0.4) is 0 Å². The molecule has 0 heterocycles. The van der Waals surface area contributed by atoms with Gasteiger partial charge < -0.3 is 5.73 Å². The van der Waals surface area contributed by atoms with Crippen LogP contribution in [0.5, 0.6) is 0 Å². The van der Waals surface area contributed by atoms with Gasteiger partial charge in [-0.15, -0.1) is 11.6 Å². The van der Waals surface area contributed by atoms with E-state index in [0.717, 1.165) is 14.3 Å². The summed E-state index contributed by atoms with van der Waals surface area (Å²) in [6, 6.07) is 7.19. The first-order valence-corrected chi connectivity index (χ1v) is 8.85. The summed E-state index contributed by atoms with van der Waals surface area (Å²) in [4.78, 5) is 11.1. The number of carbonyl (C=O) groups is 1. The molecule has 0 bridgehead atoms. The van der Waals surface area contributed by atoms with Gasteiger partial charge in [-0.05, 0) is 24.1 Å². The zero-order valence-electron chi connectivity index (χ0n) is 10.8. The van der Waals surface area contributed by atoms with E-state index in [4.69, 9.17) is 17.3 Å². The van der Waals surface area contributed by atoms with Gasteiger partial charge in [0.05, 0.1) is 12.3 Å². The second-order valence-electron chi connectivity index (χ2n) is 4.22. The lowest BCUT2D eigenvalue weighted by Gasteiger charge is -2.20. The number of nitrogens with zero attached hydrogens (tertiary/aromatic N) is 1. The minimum absolute atomic E-state index is 0.0969. The molecule has 5 nitrogen and oxygen atoms in total. The van der Waals surface area contributed by atoms with E-state index in [9.17, 15) is 13.2 Å². The number of hydrogen-bond acceptors (Lipinski definition) is 3. The Morgan fingerprint density at radius 1 is 1.30 bits per heavy atom. The van der Waals surface area contributed by atoms with Crippen molar-refractivity contribution in [2.45, 2.75) is 13.0 Å². The highest BCUT2D eigenvalue weighted by Crippen LogP contribution is 2.14. The van der Waals surface area contributed by atoms with Crippen molar-refractivity contribution in [2.75, 3.05) is 18.2 Å². The molecule has 0 aliphatic carbocycles. The van der Waals surface area contributed by atoms with Crippen LogP contribution in [0, 0.1) is 0 Å². The third kappa shape index (κ3) is 5.78. The number of halogens is 2. The van der Waals surface area contributed by atoms with Crippen molar-refractivity contribution < 1.29 is 13.2 Å². The summed E-state index contributed by atoms with van der Waals surface area (Å²) in [6.07, 6.45) is 0.333. The first kappa shape index (κ1) is 17.4. The lowest BCUT2D eigenvalue weighted by atomic mass is 10.2. The van der Waals surface area contributed by atoms with Crippen molar-refractivity contribution in [3.05, 3.63) is 34.3 Å². The molecule has 0 radical (unpaired) electrons. The number of benzene rings is 1. The van der Waals surface area contributed by atoms with Gasteiger partial charge in [-0.2, -0.15) is 4.31 Å². The van der Waals surface area contributed by atoms with E-state index < -0.39 is 15.9 Å². The van der Waals surface area contributed by atoms with Gasteiger partial charge in [0, 0.05) is 16.9 Å². The average Bonchev–Trinajstić information content (AvgIpc) is 2.38. The third-order valence-corrected chi connectivity index (χ3v) is 5.18. The molecule has 0 aromatic heterocycles. The Morgan fingerprint density at radius 3 is 2.40 bits per heavy atom. The first-order chi connectivity index (χ1) is 9.35. The Bertz CT molecular complexity index is 548. The fraction of sp³-hybridized carbons (Fsp3) is 0.417. The molecule has 1 aromatic rings. The van der Waals surface area contributed by atoms with Crippen LogP contribution in [0.4, 0.5) is 0 Å². The van der Waals surface area contributed by atoms with Crippen LogP contribution in [0.15, 0.2) is 28.7 Å². The first-order valence-electron chi connectivity index (χ1n) is 5.91. The van der Waals surface area contributed by atoms with Gasteiger partial charge in [-0.25, -0.2) is 8.42 Å². The van der Waals surface area contributed by atoms with E-state index in [0.29, 0.717) is 6.42 Å². The number of amides is 1. The molecule has 0 saturated heterocycles. The molecule has 0 saturated carbocycles. The second-order valence-corrected chi connectivity index (χ2v) is 7.60. The number of alkyl halides is 1. The molecule has 0 spiro atoms. The van der Waals surface area contributed by atoms with E-state index in [1.165, 1.54) is 0 Å². The maximum atomic E-state index is 12.1. The normalized spacial score (nSPS) is 11.8. The Morgan fingerprint density at radius 2 is 1.90 bits per heavy atom. The van der Waals surface area contributed by atoms with Crippen molar-refractivity contribution in [2.24, 2.45) is 5.73 Å². The molecule has 8 heteroatoms. The molecule has 0 unspecified atom stereocenters. The maximum absolute atomic E-state index is 12.1. The Labute approximate surface area is 132 Å². The molecule has 0 atom stereocenters. The smallest absolute Gasteiger partial charge is 0.232 e. The molecule has 2 N–H and O–H groups in total. The second kappa shape index (κ2) is 7.97. The van der Waals surface area contributed by atoms with Crippen LogP contribution in [0.2, 0.25) is 0 Å². The Balaban J connectivity index is 2.89. The summed E-state index contributed by atoms with van der Waals surface area (Å²) in [5.41, 5.74) is 5.90. The zero-order valence-corrected chi connectivity index (χ0v) is 13.9. The molecule has 1 aromatic carbocycles. The lowest BCUT2D eigenvalue weighted by molar-refractivity contribution is -0.118. The number of rotatable bonds is 8. The molecule has 0 aliphatic heterocycles. The van der Waals surface area contributed by atoms with Crippen LogP contribution < -0.4 is 5.73 Å². The Hall–Kier alpha value is -0.630. The fourth-order valence-electron chi connectivity index (χ4n) is 1.59. The number of nitrogens with two attached hydrogens (primary N) is 1. The zero-order chi connectivity index (χ0) is 15.2. The van der Waals surface area contributed by atoms with E-state index in [-0.39, 0.29) is 24.7 Å². The molecule has 1 amide bonds. The predicted molar refractivity (Wildman–Crippen MR) is 82.9 cm³/mol. The van der Waals surface area contributed by atoms with Crippen molar-refractivity contribution in [3.8, 4) is 0 Å². The molecule has 0 fully saturated rings. The predicted octanol–water partition coefficient (Wildman–Crippen LogP) is 1.70. The van der Waals surface area contributed by atoms with Crippen molar-refractivity contribution >= 4 is 43.5 Å². The molecule has 0 aliphatic rings. The summed E-state index contributed by atoms with van der Waals surface area (Å²) in [7, 11) is -3.55. The van der Waals surface area contributed by atoms with E-state index in [1.807, 2.05) is 12.1 Å². The van der Waals surface area contributed by atoms with Crippen LogP contribution in [-0.2, 0) is 21.4 Å².